The highest BCUT2D eigenvalue weighted by atomic mass is 32.2. The first kappa shape index (κ1) is 22.9. The Morgan fingerprint density at radius 1 is 1.20 bits per heavy atom. The van der Waals surface area contributed by atoms with E-state index in [1.807, 2.05) is 12.3 Å². The molecule has 2 saturated heterocycles. The summed E-state index contributed by atoms with van der Waals surface area (Å²) in [6, 6.07) is 10.4. The van der Waals surface area contributed by atoms with Crippen molar-refractivity contribution in [1.82, 2.24) is 24.6 Å². The molecule has 4 aromatic rings. The zero-order valence-corrected chi connectivity index (χ0v) is 21.2. The normalized spacial score (nSPS) is 19.8. The monoisotopic (exact) mass is 512 g/mol. The van der Waals surface area contributed by atoms with Gasteiger partial charge < -0.3 is 14.6 Å². The van der Waals surface area contributed by atoms with E-state index in [0.717, 1.165) is 70.9 Å². The first-order valence-corrected chi connectivity index (χ1v) is 14.5. The molecule has 3 aromatic heterocycles. The summed E-state index contributed by atoms with van der Waals surface area (Å²) < 4.78 is 32.7. The molecule has 2 N–H and O–H groups in total. The smallest absolute Gasteiger partial charge is 0.208 e. The van der Waals surface area contributed by atoms with Crippen LogP contribution in [-0.4, -0.2) is 80.0 Å². The van der Waals surface area contributed by atoms with Gasteiger partial charge in [0.1, 0.15) is 0 Å². The summed E-state index contributed by atoms with van der Waals surface area (Å²) in [4.78, 5) is 19.2. The van der Waals surface area contributed by atoms with E-state index >= 15 is 0 Å². The fourth-order valence-electron chi connectivity index (χ4n) is 5.03. The van der Waals surface area contributed by atoms with Gasteiger partial charge in [-0.15, -0.1) is 11.3 Å². The van der Waals surface area contributed by atoms with Crippen LogP contribution in [0.4, 0.5) is 5.82 Å². The van der Waals surface area contributed by atoms with E-state index in [1.54, 1.807) is 11.3 Å². The number of sulfonamides is 1. The van der Waals surface area contributed by atoms with Crippen LogP contribution in [0.5, 0.6) is 0 Å². The lowest BCUT2D eigenvalue weighted by Gasteiger charge is -2.28. The molecule has 9 nitrogen and oxygen atoms in total. The van der Waals surface area contributed by atoms with Crippen LogP contribution in [0, 0.1) is 0 Å². The molecule has 11 heteroatoms. The van der Waals surface area contributed by atoms with E-state index in [2.05, 4.69) is 43.8 Å². The van der Waals surface area contributed by atoms with Gasteiger partial charge in [-0.1, -0.05) is 12.1 Å². The van der Waals surface area contributed by atoms with Gasteiger partial charge in [-0.25, -0.2) is 23.1 Å². The molecule has 5 heterocycles. The number of benzene rings is 1. The van der Waals surface area contributed by atoms with Gasteiger partial charge in [-0.3, -0.25) is 4.90 Å². The molecule has 35 heavy (non-hydrogen) atoms. The lowest BCUT2D eigenvalue weighted by Crippen LogP contribution is -2.36. The maximum absolute atomic E-state index is 11.6. The third kappa shape index (κ3) is 4.78. The van der Waals surface area contributed by atoms with Gasteiger partial charge >= 0.3 is 0 Å². The fourth-order valence-corrected chi connectivity index (χ4v) is 6.98. The molecule has 2 fully saturated rings. The molecule has 1 aromatic carbocycles. The quantitative estimate of drug-likeness (QED) is 0.409. The van der Waals surface area contributed by atoms with E-state index in [1.165, 1.54) is 11.1 Å². The summed E-state index contributed by atoms with van der Waals surface area (Å²) in [5, 5.41) is 1.11. The molecular formula is C24H28N6O3S2. The van der Waals surface area contributed by atoms with Crippen LogP contribution < -0.4 is 9.62 Å². The number of fused-ring (bicyclic) bond motifs is 2. The second-order valence-electron chi connectivity index (χ2n) is 9.25. The highest BCUT2D eigenvalue weighted by molar-refractivity contribution is 7.88. The Morgan fingerprint density at radius 3 is 2.89 bits per heavy atom. The predicted molar refractivity (Wildman–Crippen MR) is 139 cm³/mol. The van der Waals surface area contributed by atoms with Gasteiger partial charge in [0.2, 0.25) is 10.0 Å². The number of aromatic amines is 1. The Morgan fingerprint density at radius 2 is 2.06 bits per heavy atom. The van der Waals surface area contributed by atoms with Crippen molar-refractivity contribution >= 4 is 48.3 Å². The minimum atomic E-state index is -3.20. The third-order valence-corrected chi connectivity index (χ3v) is 8.45. The number of nitrogens with zero attached hydrogens (tertiary/aromatic N) is 4. The van der Waals surface area contributed by atoms with Gasteiger partial charge in [0.15, 0.2) is 11.6 Å². The van der Waals surface area contributed by atoms with Crippen molar-refractivity contribution in [2.75, 3.05) is 50.5 Å². The number of H-pyrrole nitrogens is 1. The van der Waals surface area contributed by atoms with E-state index < -0.39 is 10.0 Å². The lowest BCUT2D eigenvalue weighted by atomic mass is 10.1. The molecule has 0 amide bonds. The highest BCUT2D eigenvalue weighted by Gasteiger charge is 2.26. The Labute approximate surface area is 208 Å². The Balaban J connectivity index is 1.36. The number of anilines is 1. The molecule has 0 spiro atoms. The molecule has 0 bridgehead atoms. The number of morpholine rings is 1. The molecular weight excluding hydrogens is 484 g/mol. The molecule has 0 saturated carbocycles. The van der Waals surface area contributed by atoms with Crippen molar-refractivity contribution in [2.24, 2.45) is 0 Å². The SMILES string of the molecule is CS(=O)(=O)NC1CCN(Cc2cc3nc(-c4cccc5[nH]ccc45)nc(N4CCOCC4)c3s2)C1. The second-order valence-corrected chi connectivity index (χ2v) is 12.2. The van der Waals surface area contributed by atoms with Crippen molar-refractivity contribution in [2.45, 2.75) is 19.0 Å². The zero-order valence-electron chi connectivity index (χ0n) is 19.5. The summed E-state index contributed by atoms with van der Waals surface area (Å²) in [6.07, 6.45) is 3.99. The van der Waals surface area contributed by atoms with Crippen molar-refractivity contribution in [1.29, 1.82) is 0 Å². The summed E-state index contributed by atoms with van der Waals surface area (Å²) in [5.74, 6) is 1.70. The molecule has 184 valence electrons. The summed E-state index contributed by atoms with van der Waals surface area (Å²) in [6.45, 7) is 5.34. The molecule has 0 radical (unpaired) electrons. The van der Waals surface area contributed by atoms with Crippen LogP contribution in [0.25, 0.3) is 32.5 Å². The maximum atomic E-state index is 11.6. The van der Waals surface area contributed by atoms with Gasteiger partial charge in [0.25, 0.3) is 0 Å². The summed E-state index contributed by atoms with van der Waals surface area (Å²) in [7, 11) is -3.20. The van der Waals surface area contributed by atoms with E-state index in [-0.39, 0.29) is 6.04 Å². The van der Waals surface area contributed by atoms with Crippen LogP contribution in [0.15, 0.2) is 36.5 Å². The van der Waals surface area contributed by atoms with Crippen molar-refractivity contribution in [3.63, 3.8) is 0 Å². The van der Waals surface area contributed by atoms with Crippen LogP contribution in [-0.2, 0) is 21.3 Å². The molecule has 2 aliphatic heterocycles. The van der Waals surface area contributed by atoms with Crippen LogP contribution >= 0.6 is 11.3 Å². The zero-order chi connectivity index (χ0) is 24.0. The molecule has 1 atom stereocenters. The van der Waals surface area contributed by atoms with Crippen LogP contribution in [0.2, 0.25) is 0 Å². The maximum Gasteiger partial charge on any atom is 0.208 e. The average molecular weight is 513 g/mol. The number of rotatable bonds is 6. The Hall–Kier alpha value is -2.57. The summed E-state index contributed by atoms with van der Waals surface area (Å²) in [5.41, 5.74) is 3.03. The number of aromatic nitrogens is 3. The Kier molecular flexibility index (Phi) is 5.97. The first-order valence-electron chi connectivity index (χ1n) is 11.8. The van der Waals surface area contributed by atoms with E-state index in [9.17, 15) is 8.42 Å². The second kappa shape index (κ2) is 9.14. The lowest BCUT2D eigenvalue weighted by molar-refractivity contribution is 0.122. The van der Waals surface area contributed by atoms with Crippen molar-refractivity contribution < 1.29 is 13.2 Å². The van der Waals surface area contributed by atoms with E-state index in [0.29, 0.717) is 19.8 Å². The molecule has 1 unspecified atom stereocenters. The van der Waals surface area contributed by atoms with Gasteiger partial charge in [-0.05, 0) is 24.6 Å². The minimum absolute atomic E-state index is 0.0310. The third-order valence-electron chi connectivity index (χ3n) is 6.58. The standard InChI is InChI=1S/C24H28N6O3S2/c1-35(31,32)28-16-6-8-29(14-16)15-17-13-21-22(34-17)24(30-9-11-33-12-10-30)27-23(26-21)19-3-2-4-20-18(19)5-7-25-20/h2-5,7,13,16,25,28H,6,8-12,14-15H2,1H3. The molecule has 0 aliphatic carbocycles. The number of hydrogen-bond acceptors (Lipinski definition) is 8. The number of ether oxygens (including phenoxy) is 1. The van der Waals surface area contributed by atoms with Gasteiger partial charge in [-0.2, -0.15) is 0 Å². The van der Waals surface area contributed by atoms with Gasteiger partial charge in [0, 0.05) is 66.3 Å². The van der Waals surface area contributed by atoms with Crippen molar-refractivity contribution in [3.8, 4) is 11.4 Å². The van der Waals surface area contributed by atoms with Gasteiger partial charge in [0.05, 0.1) is 29.7 Å². The number of hydrogen-bond donors (Lipinski definition) is 2. The van der Waals surface area contributed by atoms with Crippen LogP contribution in [0.1, 0.15) is 11.3 Å². The topological polar surface area (TPSA) is 103 Å². The first-order chi connectivity index (χ1) is 16.9. The van der Waals surface area contributed by atoms with Crippen molar-refractivity contribution in [3.05, 3.63) is 41.4 Å². The highest BCUT2D eigenvalue weighted by Crippen LogP contribution is 2.36. The minimum Gasteiger partial charge on any atom is -0.378 e. The number of nitrogens with one attached hydrogen (secondary N) is 2. The largest absolute Gasteiger partial charge is 0.378 e. The predicted octanol–water partition coefficient (Wildman–Crippen LogP) is 2.80. The van der Waals surface area contributed by atoms with E-state index in [4.69, 9.17) is 14.7 Å². The Bertz CT molecular complexity index is 1480. The van der Waals surface area contributed by atoms with Crippen LogP contribution in [0.3, 0.4) is 0 Å². The fraction of sp³-hybridized carbons (Fsp3) is 0.417. The number of thiophene rings is 1. The summed E-state index contributed by atoms with van der Waals surface area (Å²) >= 11 is 1.73. The average Bonchev–Trinajstić information content (AvgIpc) is 3.57. The number of likely N-dealkylation sites (tertiary alicyclic amines) is 1. The molecule has 6 rings (SSSR count). The molecule has 2 aliphatic rings.